The number of hydrogen-bond acceptors (Lipinski definition) is 2. The van der Waals surface area contributed by atoms with Crippen LogP contribution in [0.3, 0.4) is 0 Å². The monoisotopic (exact) mass is 391 g/mol. The largest absolute Gasteiger partial charge is 0.421 e. The topological polar surface area (TPSA) is 33.1 Å². The summed E-state index contributed by atoms with van der Waals surface area (Å²) < 4.78 is 56.4. The van der Waals surface area contributed by atoms with Crippen LogP contribution in [0.25, 0.3) is 10.9 Å². The molecule has 0 fully saturated rings. The molecule has 2 atom stereocenters. The second kappa shape index (κ2) is 7.17. The second-order valence-electron chi connectivity index (χ2n) is 7.34. The first-order chi connectivity index (χ1) is 13.1. The van der Waals surface area contributed by atoms with Crippen molar-refractivity contribution in [2.75, 3.05) is 0 Å². The summed E-state index contributed by atoms with van der Waals surface area (Å²) in [6.45, 7) is 3.34. The molecule has 0 saturated heterocycles. The summed E-state index contributed by atoms with van der Waals surface area (Å²) in [7, 11) is 0. The Labute approximate surface area is 160 Å². The first-order valence-electron chi connectivity index (χ1n) is 9.00. The maximum absolute atomic E-state index is 14.2. The lowest BCUT2D eigenvalue weighted by molar-refractivity contribution is -0.273. The number of fused-ring (bicyclic) bond motifs is 1. The standard InChI is InChI=1S/C22H21F4NO/c1-3-20(2,15-7-6-8-16(23)13-15)14-21(28,22(24,25)26)18-11-12-27-19-10-5-4-9-17(18)19/h4-13,28H,3,14H2,1-2H3. The van der Waals surface area contributed by atoms with Gasteiger partial charge in [-0.2, -0.15) is 13.2 Å². The zero-order chi connectivity index (χ0) is 20.6. The zero-order valence-corrected chi connectivity index (χ0v) is 15.6. The van der Waals surface area contributed by atoms with Gasteiger partial charge in [0.15, 0.2) is 5.60 Å². The summed E-state index contributed by atoms with van der Waals surface area (Å²) in [6.07, 6.45) is -4.02. The molecule has 1 N–H and O–H groups in total. The number of pyridine rings is 1. The first kappa shape index (κ1) is 20.3. The van der Waals surface area contributed by atoms with Crippen LogP contribution in [-0.4, -0.2) is 16.3 Å². The van der Waals surface area contributed by atoms with E-state index in [9.17, 15) is 22.7 Å². The zero-order valence-electron chi connectivity index (χ0n) is 15.6. The molecule has 0 saturated carbocycles. The minimum Gasteiger partial charge on any atom is -0.376 e. The number of alkyl halides is 3. The predicted octanol–water partition coefficient (Wildman–Crippen LogP) is 5.88. The van der Waals surface area contributed by atoms with Crippen molar-refractivity contribution in [2.45, 2.75) is 43.9 Å². The Kier molecular flexibility index (Phi) is 5.19. The van der Waals surface area contributed by atoms with E-state index in [1.165, 1.54) is 36.5 Å². The quantitative estimate of drug-likeness (QED) is 0.551. The molecule has 0 bridgehead atoms. The number of aliphatic hydroxyl groups is 1. The van der Waals surface area contributed by atoms with Crippen molar-refractivity contribution in [1.82, 2.24) is 4.98 Å². The van der Waals surface area contributed by atoms with Gasteiger partial charge in [0.2, 0.25) is 0 Å². The molecule has 0 spiro atoms. The van der Waals surface area contributed by atoms with E-state index in [-0.39, 0.29) is 17.4 Å². The van der Waals surface area contributed by atoms with Gasteiger partial charge in [0, 0.05) is 17.1 Å². The van der Waals surface area contributed by atoms with Crippen LogP contribution in [0.1, 0.15) is 37.8 Å². The third kappa shape index (κ3) is 3.49. The molecule has 3 rings (SSSR count). The summed E-state index contributed by atoms with van der Waals surface area (Å²) >= 11 is 0. The normalized spacial score (nSPS) is 16.5. The molecule has 2 unspecified atom stereocenters. The summed E-state index contributed by atoms with van der Waals surface area (Å²) in [5.74, 6) is -0.526. The van der Waals surface area contributed by atoms with E-state index >= 15 is 0 Å². The van der Waals surface area contributed by atoms with Gasteiger partial charge in [-0.05, 0) is 48.1 Å². The van der Waals surface area contributed by atoms with Crippen molar-refractivity contribution in [3.05, 3.63) is 77.7 Å². The van der Waals surface area contributed by atoms with Gasteiger partial charge in [-0.1, -0.05) is 44.2 Å². The Hall–Kier alpha value is -2.47. The van der Waals surface area contributed by atoms with Gasteiger partial charge in [0.05, 0.1) is 5.52 Å². The third-order valence-corrected chi connectivity index (χ3v) is 5.51. The van der Waals surface area contributed by atoms with Crippen molar-refractivity contribution < 1.29 is 22.7 Å². The molecule has 3 aromatic rings. The maximum atomic E-state index is 14.2. The summed E-state index contributed by atoms with van der Waals surface area (Å²) in [5, 5.41) is 11.3. The lowest BCUT2D eigenvalue weighted by Crippen LogP contribution is -2.47. The maximum Gasteiger partial charge on any atom is 0.421 e. The molecule has 2 aromatic carbocycles. The Morgan fingerprint density at radius 2 is 1.71 bits per heavy atom. The molecule has 0 aliphatic rings. The molecule has 0 aliphatic carbocycles. The number of hydrogen-bond donors (Lipinski definition) is 1. The molecule has 0 aliphatic heterocycles. The van der Waals surface area contributed by atoms with Gasteiger partial charge in [-0.15, -0.1) is 0 Å². The van der Waals surface area contributed by atoms with Gasteiger partial charge in [0.1, 0.15) is 5.82 Å². The summed E-state index contributed by atoms with van der Waals surface area (Å²) in [6, 6.07) is 13.1. The van der Waals surface area contributed by atoms with Gasteiger partial charge < -0.3 is 5.11 Å². The van der Waals surface area contributed by atoms with Crippen molar-refractivity contribution in [1.29, 1.82) is 0 Å². The van der Waals surface area contributed by atoms with Gasteiger partial charge in [0.25, 0.3) is 0 Å². The van der Waals surface area contributed by atoms with Crippen LogP contribution < -0.4 is 0 Å². The average molecular weight is 391 g/mol. The molecule has 6 heteroatoms. The Morgan fingerprint density at radius 3 is 2.36 bits per heavy atom. The molecule has 1 aromatic heterocycles. The second-order valence-corrected chi connectivity index (χ2v) is 7.34. The number of halogens is 4. The van der Waals surface area contributed by atoms with E-state index in [1.807, 2.05) is 0 Å². The van der Waals surface area contributed by atoms with Gasteiger partial charge in [-0.3, -0.25) is 4.98 Å². The molecule has 28 heavy (non-hydrogen) atoms. The van der Waals surface area contributed by atoms with Crippen molar-refractivity contribution in [3.63, 3.8) is 0 Å². The number of nitrogens with zero attached hydrogens (tertiary/aromatic N) is 1. The minimum absolute atomic E-state index is 0.238. The van der Waals surface area contributed by atoms with Crippen LogP contribution >= 0.6 is 0 Å². The highest BCUT2D eigenvalue weighted by molar-refractivity contribution is 5.82. The fraction of sp³-hybridized carbons (Fsp3) is 0.318. The molecular weight excluding hydrogens is 370 g/mol. The molecule has 1 heterocycles. The number of benzene rings is 2. The number of aromatic nitrogens is 1. The van der Waals surface area contributed by atoms with Gasteiger partial charge in [-0.25, -0.2) is 4.39 Å². The smallest absolute Gasteiger partial charge is 0.376 e. The van der Waals surface area contributed by atoms with E-state index in [1.54, 1.807) is 38.1 Å². The van der Waals surface area contributed by atoms with Crippen LogP contribution in [0.5, 0.6) is 0 Å². The highest BCUT2D eigenvalue weighted by atomic mass is 19.4. The van der Waals surface area contributed by atoms with Crippen LogP contribution in [-0.2, 0) is 11.0 Å². The molecule has 0 radical (unpaired) electrons. The molecule has 2 nitrogen and oxygen atoms in total. The first-order valence-corrected chi connectivity index (χ1v) is 9.00. The van der Waals surface area contributed by atoms with Crippen LogP contribution in [0.4, 0.5) is 17.6 Å². The Morgan fingerprint density at radius 1 is 1.00 bits per heavy atom. The molecule has 148 valence electrons. The average Bonchev–Trinajstić information content (AvgIpc) is 2.66. The van der Waals surface area contributed by atoms with E-state index in [2.05, 4.69) is 4.98 Å². The SMILES string of the molecule is CCC(C)(CC(O)(c1ccnc2ccccc12)C(F)(F)F)c1cccc(F)c1. The fourth-order valence-corrected chi connectivity index (χ4v) is 3.66. The van der Waals surface area contributed by atoms with Gasteiger partial charge >= 0.3 is 6.18 Å². The number of rotatable bonds is 5. The number of para-hydroxylation sites is 1. The highest BCUT2D eigenvalue weighted by Gasteiger charge is 2.58. The lowest BCUT2D eigenvalue weighted by atomic mass is 9.69. The van der Waals surface area contributed by atoms with Crippen molar-refractivity contribution in [2.24, 2.45) is 0 Å². The van der Waals surface area contributed by atoms with E-state index in [0.29, 0.717) is 11.1 Å². The Bertz CT molecular complexity index is 982. The molecular formula is C22H21F4NO. The predicted molar refractivity (Wildman–Crippen MR) is 100 cm³/mol. The van der Waals surface area contributed by atoms with Crippen LogP contribution in [0.2, 0.25) is 0 Å². The van der Waals surface area contributed by atoms with E-state index in [4.69, 9.17) is 0 Å². The van der Waals surface area contributed by atoms with Crippen molar-refractivity contribution >= 4 is 10.9 Å². The summed E-state index contributed by atoms with van der Waals surface area (Å²) in [4.78, 5) is 4.10. The van der Waals surface area contributed by atoms with Crippen molar-refractivity contribution in [3.8, 4) is 0 Å². The van der Waals surface area contributed by atoms with Crippen LogP contribution in [0.15, 0.2) is 60.8 Å². The van der Waals surface area contributed by atoms with E-state index in [0.717, 1.165) is 0 Å². The summed E-state index contributed by atoms with van der Waals surface area (Å²) in [5.41, 5.74) is -3.69. The lowest BCUT2D eigenvalue weighted by Gasteiger charge is -2.40. The fourth-order valence-electron chi connectivity index (χ4n) is 3.66. The Balaban J connectivity index is 2.19. The minimum atomic E-state index is -4.93. The van der Waals surface area contributed by atoms with Crippen LogP contribution in [0, 0.1) is 5.82 Å². The third-order valence-electron chi connectivity index (χ3n) is 5.51. The molecule has 0 amide bonds. The van der Waals surface area contributed by atoms with E-state index < -0.39 is 29.4 Å². The highest BCUT2D eigenvalue weighted by Crippen LogP contribution is 2.49.